The molecule has 4 rings (SSSR count). The molecule has 2 aromatic rings. The number of hydrogen-bond acceptors (Lipinski definition) is 3. The standard InChI is InChI=1S/C23H29N3O/c1-18(23(27)26-16-13-19-7-3-4-8-20(19)17-26)24-21-9-11-22(12-10-21)25-14-5-2-6-15-25/h3-4,7-12,18,24H,2,5-6,13-17H2,1H3/t18-/m1/s1. The van der Waals surface area contributed by atoms with Gasteiger partial charge >= 0.3 is 0 Å². The fraction of sp³-hybridized carbons (Fsp3) is 0.435. The van der Waals surface area contributed by atoms with E-state index in [0.717, 1.165) is 38.3 Å². The number of fused-ring (bicyclic) bond motifs is 1. The summed E-state index contributed by atoms with van der Waals surface area (Å²) in [6.07, 6.45) is 4.85. The molecule has 1 N–H and O–H groups in total. The molecule has 0 aromatic heterocycles. The van der Waals surface area contributed by atoms with Crippen LogP contribution >= 0.6 is 0 Å². The van der Waals surface area contributed by atoms with Crippen molar-refractivity contribution in [3.05, 3.63) is 59.7 Å². The van der Waals surface area contributed by atoms with Gasteiger partial charge in [0.25, 0.3) is 0 Å². The Bertz CT molecular complexity index is 780. The first-order valence-electron chi connectivity index (χ1n) is 10.2. The highest BCUT2D eigenvalue weighted by atomic mass is 16.2. The van der Waals surface area contributed by atoms with Crippen molar-refractivity contribution in [2.45, 2.75) is 45.2 Å². The topological polar surface area (TPSA) is 35.6 Å². The molecule has 4 heteroatoms. The van der Waals surface area contributed by atoms with E-state index in [1.165, 1.54) is 36.1 Å². The predicted octanol–water partition coefficient (Wildman–Crippen LogP) is 4.06. The van der Waals surface area contributed by atoms with Crippen LogP contribution in [0.2, 0.25) is 0 Å². The molecule has 2 aliphatic heterocycles. The van der Waals surface area contributed by atoms with Gasteiger partial charge in [-0.15, -0.1) is 0 Å². The van der Waals surface area contributed by atoms with Gasteiger partial charge in [-0.2, -0.15) is 0 Å². The van der Waals surface area contributed by atoms with E-state index in [2.05, 4.69) is 58.7 Å². The second kappa shape index (κ2) is 8.03. The Morgan fingerprint density at radius 1 is 0.926 bits per heavy atom. The number of hydrogen-bond donors (Lipinski definition) is 1. The van der Waals surface area contributed by atoms with Crippen LogP contribution in [0.1, 0.15) is 37.3 Å². The summed E-state index contributed by atoms with van der Waals surface area (Å²) in [5, 5.41) is 3.38. The van der Waals surface area contributed by atoms with Gasteiger partial charge in [0, 0.05) is 37.6 Å². The molecule has 0 aliphatic carbocycles. The molecule has 0 saturated carbocycles. The quantitative estimate of drug-likeness (QED) is 0.890. The van der Waals surface area contributed by atoms with E-state index in [0.29, 0.717) is 0 Å². The minimum absolute atomic E-state index is 0.171. The van der Waals surface area contributed by atoms with E-state index in [1.54, 1.807) is 0 Å². The zero-order valence-corrected chi connectivity index (χ0v) is 16.2. The third kappa shape index (κ3) is 4.10. The molecular formula is C23H29N3O. The number of nitrogens with zero attached hydrogens (tertiary/aromatic N) is 2. The van der Waals surface area contributed by atoms with Gasteiger partial charge in [-0.1, -0.05) is 24.3 Å². The Morgan fingerprint density at radius 2 is 1.63 bits per heavy atom. The maximum atomic E-state index is 12.9. The highest BCUT2D eigenvalue weighted by Crippen LogP contribution is 2.23. The van der Waals surface area contributed by atoms with Crippen LogP contribution in [0.15, 0.2) is 48.5 Å². The summed E-state index contributed by atoms with van der Waals surface area (Å²) in [6, 6.07) is 16.7. The second-order valence-corrected chi connectivity index (χ2v) is 7.74. The first-order valence-corrected chi connectivity index (χ1v) is 10.2. The highest BCUT2D eigenvalue weighted by Gasteiger charge is 2.24. The second-order valence-electron chi connectivity index (χ2n) is 7.74. The lowest BCUT2D eigenvalue weighted by molar-refractivity contribution is -0.132. The van der Waals surface area contributed by atoms with E-state index in [1.807, 2.05) is 11.8 Å². The van der Waals surface area contributed by atoms with Crippen molar-refractivity contribution in [1.29, 1.82) is 0 Å². The summed E-state index contributed by atoms with van der Waals surface area (Å²) in [5.74, 6) is 0.171. The van der Waals surface area contributed by atoms with Crippen molar-refractivity contribution in [2.24, 2.45) is 0 Å². The fourth-order valence-corrected chi connectivity index (χ4v) is 4.19. The molecule has 2 aliphatic rings. The molecule has 1 amide bonds. The maximum Gasteiger partial charge on any atom is 0.245 e. The summed E-state index contributed by atoms with van der Waals surface area (Å²) in [6.45, 7) is 5.78. The Labute approximate surface area is 162 Å². The van der Waals surface area contributed by atoms with Crippen molar-refractivity contribution in [2.75, 3.05) is 29.9 Å². The molecule has 1 fully saturated rings. The van der Waals surface area contributed by atoms with Crippen molar-refractivity contribution in [1.82, 2.24) is 4.90 Å². The first kappa shape index (κ1) is 17.9. The van der Waals surface area contributed by atoms with Gasteiger partial charge in [0.2, 0.25) is 5.91 Å². The van der Waals surface area contributed by atoms with Gasteiger partial charge in [0.05, 0.1) is 0 Å². The van der Waals surface area contributed by atoms with Crippen LogP contribution in [-0.2, 0) is 17.8 Å². The zero-order valence-electron chi connectivity index (χ0n) is 16.2. The van der Waals surface area contributed by atoms with E-state index in [9.17, 15) is 4.79 Å². The average Bonchev–Trinajstić information content (AvgIpc) is 2.74. The molecule has 0 unspecified atom stereocenters. The third-order valence-corrected chi connectivity index (χ3v) is 5.78. The summed E-state index contributed by atoms with van der Waals surface area (Å²) in [5.41, 5.74) is 4.94. The largest absolute Gasteiger partial charge is 0.374 e. The number of rotatable bonds is 4. The highest BCUT2D eigenvalue weighted by molar-refractivity contribution is 5.84. The van der Waals surface area contributed by atoms with Crippen LogP contribution in [0, 0.1) is 0 Å². The van der Waals surface area contributed by atoms with Crippen LogP contribution < -0.4 is 10.2 Å². The normalized spacial score (nSPS) is 18.0. The van der Waals surface area contributed by atoms with E-state index in [-0.39, 0.29) is 11.9 Å². The predicted molar refractivity (Wildman–Crippen MR) is 111 cm³/mol. The molecule has 1 saturated heterocycles. The lowest BCUT2D eigenvalue weighted by atomic mass is 9.99. The average molecular weight is 364 g/mol. The van der Waals surface area contributed by atoms with Crippen molar-refractivity contribution in [3.63, 3.8) is 0 Å². The van der Waals surface area contributed by atoms with E-state index in [4.69, 9.17) is 0 Å². The first-order chi connectivity index (χ1) is 13.2. The molecule has 0 bridgehead atoms. The minimum atomic E-state index is -0.226. The Kier molecular flexibility index (Phi) is 5.33. The SMILES string of the molecule is C[C@@H](Nc1ccc(N2CCCCC2)cc1)C(=O)N1CCc2ccccc2C1. The Hall–Kier alpha value is -2.49. The number of amides is 1. The van der Waals surface area contributed by atoms with Crippen molar-refractivity contribution >= 4 is 17.3 Å². The molecule has 2 aromatic carbocycles. The van der Waals surface area contributed by atoms with Gasteiger partial charge in [0.1, 0.15) is 6.04 Å². The molecule has 0 spiro atoms. The van der Waals surface area contributed by atoms with Crippen LogP contribution in [-0.4, -0.2) is 36.5 Å². The monoisotopic (exact) mass is 363 g/mol. The molecule has 4 nitrogen and oxygen atoms in total. The zero-order chi connectivity index (χ0) is 18.6. The summed E-state index contributed by atoms with van der Waals surface area (Å²) < 4.78 is 0. The number of carbonyl (C=O) groups excluding carboxylic acids is 1. The lowest BCUT2D eigenvalue weighted by Crippen LogP contribution is -2.43. The molecule has 1 atom stereocenters. The van der Waals surface area contributed by atoms with Gasteiger partial charge in [-0.3, -0.25) is 4.79 Å². The van der Waals surface area contributed by atoms with Crippen LogP contribution in [0.4, 0.5) is 11.4 Å². The van der Waals surface area contributed by atoms with Gasteiger partial charge < -0.3 is 15.1 Å². The molecule has 142 valence electrons. The van der Waals surface area contributed by atoms with Crippen LogP contribution in [0.3, 0.4) is 0 Å². The molecule has 2 heterocycles. The lowest BCUT2D eigenvalue weighted by Gasteiger charge is -2.31. The van der Waals surface area contributed by atoms with Gasteiger partial charge in [-0.05, 0) is 68.0 Å². The smallest absolute Gasteiger partial charge is 0.245 e. The number of piperidine rings is 1. The molecule has 0 radical (unpaired) electrons. The van der Waals surface area contributed by atoms with Gasteiger partial charge in [-0.25, -0.2) is 0 Å². The molecular weight excluding hydrogens is 334 g/mol. The summed E-state index contributed by atoms with van der Waals surface area (Å²) >= 11 is 0. The van der Waals surface area contributed by atoms with Gasteiger partial charge in [0.15, 0.2) is 0 Å². The summed E-state index contributed by atoms with van der Waals surface area (Å²) in [7, 11) is 0. The maximum absolute atomic E-state index is 12.9. The van der Waals surface area contributed by atoms with Crippen molar-refractivity contribution < 1.29 is 4.79 Å². The van der Waals surface area contributed by atoms with Crippen LogP contribution in [0.5, 0.6) is 0 Å². The number of carbonyl (C=O) groups is 1. The fourth-order valence-electron chi connectivity index (χ4n) is 4.19. The van der Waals surface area contributed by atoms with E-state index < -0.39 is 0 Å². The minimum Gasteiger partial charge on any atom is -0.374 e. The number of benzene rings is 2. The number of anilines is 2. The third-order valence-electron chi connectivity index (χ3n) is 5.78. The Balaban J connectivity index is 1.36. The van der Waals surface area contributed by atoms with Crippen molar-refractivity contribution in [3.8, 4) is 0 Å². The Morgan fingerprint density at radius 3 is 2.37 bits per heavy atom. The molecule has 27 heavy (non-hydrogen) atoms. The number of nitrogens with one attached hydrogen (secondary N) is 1. The summed E-state index contributed by atoms with van der Waals surface area (Å²) in [4.78, 5) is 17.3. The van der Waals surface area contributed by atoms with E-state index >= 15 is 0 Å². The van der Waals surface area contributed by atoms with Crippen LogP contribution in [0.25, 0.3) is 0 Å².